The summed E-state index contributed by atoms with van der Waals surface area (Å²) in [4.78, 5) is 64.4. The van der Waals surface area contributed by atoms with Crippen molar-refractivity contribution in [1.29, 1.82) is 0 Å². The third-order valence-electron chi connectivity index (χ3n) is 9.19. The number of hydrogen-bond donors (Lipinski definition) is 4. The van der Waals surface area contributed by atoms with Crippen molar-refractivity contribution in [3.8, 4) is 0 Å². The van der Waals surface area contributed by atoms with Gasteiger partial charge in [-0.1, -0.05) is 159 Å². The largest absolute Gasteiger partial charge is 0.472 e. The smallest absolute Gasteiger partial charge is 0.462 e. The minimum atomic E-state index is -4.88. The molecular formula is C44H78O14P2. The van der Waals surface area contributed by atoms with Crippen molar-refractivity contribution in [1.82, 2.24) is 0 Å². The average Bonchev–Trinajstić information content (AvgIpc) is 3.20. The van der Waals surface area contributed by atoms with E-state index in [0.29, 0.717) is 32.1 Å². The Balaban J connectivity index is 4.64. The van der Waals surface area contributed by atoms with E-state index in [0.717, 1.165) is 44.9 Å². The van der Waals surface area contributed by atoms with Crippen molar-refractivity contribution in [2.75, 3.05) is 26.4 Å². The number of ether oxygens (including phenoxy) is 2. The molecule has 0 aromatic rings. The van der Waals surface area contributed by atoms with Crippen molar-refractivity contribution in [3.63, 3.8) is 0 Å². The molecule has 1 unspecified atom stereocenters. The summed E-state index contributed by atoms with van der Waals surface area (Å²) in [6, 6.07) is 0. The van der Waals surface area contributed by atoms with Crippen molar-refractivity contribution in [3.05, 3.63) is 48.6 Å². The molecule has 4 N–H and O–H groups in total. The fourth-order valence-electron chi connectivity index (χ4n) is 5.77. The molecule has 0 amide bonds. The number of unbranched alkanes of at least 4 members (excludes halogenated alkanes) is 17. The highest BCUT2D eigenvalue weighted by Crippen LogP contribution is 2.43. The SMILES string of the molecule is CCCCCCCCCCCCCCCCCC(=O)OC[C@H](COP(=O)(O)OC[C@@H](O)COP(=O)(O)O)OC(=O)CCC/C=C\C/C=C\C/C=C\C=C\C(=O)CCCCC. The van der Waals surface area contributed by atoms with E-state index in [1.807, 2.05) is 36.5 Å². The van der Waals surface area contributed by atoms with Crippen LogP contribution in [0.5, 0.6) is 0 Å². The van der Waals surface area contributed by atoms with Crippen LogP contribution in [0.2, 0.25) is 0 Å². The fourth-order valence-corrected chi connectivity index (χ4v) is 6.92. The summed E-state index contributed by atoms with van der Waals surface area (Å²) in [5, 5.41) is 9.74. The van der Waals surface area contributed by atoms with Crippen LogP contribution in [0.1, 0.15) is 174 Å². The molecule has 3 atom stereocenters. The number of carbonyl (C=O) groups is 3. The summed E-state index contributed by atoms with van der Waals surface area (Å²) in [7, 11) is -9.71. The first-order valence-electron chi connectivity index (χ1n) is 22.3. The van der Waals surface area contributed by atoms with Gasteiger partial charge in [0.1, 0.15) is 12.7 Å². The number of hydrogen-bond acceptors (Lipinski definition) is 11. The van der Waals surface area contributed by atoms with Gasteiger partial charge in [0.25, 0.3) is 0 Å². The van der Waals surface area contributed by atoms with E-state index >= 15 is 0 Å². The number of ketones is 1. The summed E-state index contributed by atoms with van der Waals surface area (Å²) in [6.45, 7) is 1.53. The topological polar surface area (TPSA) is 212 Å². The molecule has 0 bridgehead atoms. The maximum absolute atomic E-state index is 12.6. The molecule has 0 heterocycles. The van der Waals surface area contributed by atoms with Crippen molar-refractivity contribution < 1.29 is 66.3 Å². The predicted octanol–water partition coefficient (Wildman–Crippen LogP) is 10.6. The zero-order chi connectivity index (χ0) is 44.6. The first kappa shape index (κ1) is 57.8. The van der Waals surface area contributed by atoms with E-state index in [2.05, 4.69) is 22.9 Å². The van der Waals surface area contributed by atoms with Crippen molar-refractivity contribution in [2.24, 2.45) is 0 Å². The van der Waals surface area contributed by atoms with E-state index < -0.39 is 66.2 Å². The number of rotatable bonds is 42. The summed E-state index contributed by atoms with van der Waals surface area (Å²) >= 11 is 0. The Morgan fingerprint density at radius 2 is 1.02 bits per heavy atom. The van der Waals surface area contributed by atoms with E-state index in [4.69, 9.17) is 23.8 Å². The van der Waals surface area contributed by atoms with Crippen LogP contribution in [0, 0.1) is 0 Å². The summed E-state index contributed by atoms with van der Waals surface area (Å²) in [5.74, 6) is -0.986. The van der Waals surface area contributed by atoms with E-state index in [1.165, 1.54) is 70.6 Å². The lowest BCUT2D eigenvalue weighted by Crippen LogP contribution is -2.29. The maximum Gasteiger partial charge on any atom is 0.472 e. The highest BCUT2D eigenvalue weighted by Gasteiger charge is 2.28. The lowest BCUT2D eigenvalue weighted by atomic mass is 10.0. The minimum absolute atomic E-state index is 0.0300. The molecule has 0 aliphatic rings. The monoisotopic (exact) mass is 892 g/mol. The summed E-state index contributed by atoms with van der Waals surface area (Å²) in [5.41, 5.74) is 0. The van der Waals surface area contributed by atoms with Gasteiger partial charge in [-0.05, 0) is 44.6 Å². The van der Waals surface area contributed by atoms with Crippen molar-refractivity contribution >= 4 is 33.4 Å². The standard InChI is InChI=1S/C44H78O14P2/c1-3-5-7-8-9-10-11-12-13-14-17-20-23-26-30-34-43(47)54-38-42(39-57-60(52,53)56-37-41(46)36-55-59(49,50)51)58-44(48)35-31-27-24-21-18-15-16-19-22-25-29-33-40(45)32-28-6-4-2/h15-16,21-22,24-25,29,33,41-42,46H,3-14,17-20,23,26-28,30-32,34-39H2,1-2H3,(H,52,53)(H2,49,50,51)/b16-15-,24-21-,25-22-,33-29+/t41-,42+/m0/s1. The predicted molar refractivity (Wildman–Crippen MR) is 235 cm³/mol. The second-order valence-electron chi connectivity index (χ2n) is 15.0. The molecule has 0 aromatic carbocycles. The molecule has 16 heteroatoms. The lowest BCUT2D eigenvalue weighted by Gasteiger charge is -2.20. The van der Waals surface area contributed by atoms with Crippen LogP contribution in [-0.2, 0) is 46.6 Å². The van der Waals surface area contributed by atoms with Crippen LogP contribution in [-0.4, -0.2) is 76.1 Å². The molecular weight excluding hydrogens is 814 g/mol. The van der Waals surface area contributed by atoms with E-state index in [9.17, 15) is 33.5 Å². The molecule has 14 nitrogen and oxygen atoms in total. The van der Waals surface area contributed by atoms with Crippen molar-refractivity contribution in [2.45, 2.75) is 187 Å². The molecule has 60 heavy (non-hydrogen) atoms. The first-order valence-corrected chi connectivity index (χ1v) is 25.3. The Morgan fingerprint density at radius 3 is 1.62 bits per heavy atom. The number of phosphoric ester groups is 2. The van der Waals surface area contributed by atoms with Crippen LogP contribution in [0.3, 0.4) is 0 Å². The second-order valence-corrected chi connectivity index (χ2v) is 17.7. The Morgan fingerprint density at radius 1 is 0.533 bits per heavy atom. The van der Waals surface area contributed by atoms with Crippen LogP contribution in [0.25, 0.3) is 0 Å². The van der Waals surface area contributed by atoms with Gasteiger partial charge < -0.3 is 29.3 Å². The number of phosphoric acid groups is 2. The molecule has 0 aliphatic carbocycles. The molecule has 0 aromatic heterocycles. The average molecular weight is 893 g/mol. The Bertz CT molecular complexity index is 1310. The van der Waals surface area contributed by atoms with Crippen LogP contribution >= 0.6 is 15.6 Å². The molecule has 0 saturated heterocycles. The number of carbonyl (C=O) groups excluding carboxylic acids is 3. The molecule has 348 valence electrons. The van der Waals surface area contributed by atoms with Crippen LogP contribution < -0.4 is 0 Å². The Kier molecular flexibility index (Phi) is 38.1. The Labute approximate surface area is 360 Å². The molecule has 0 aliphatic heterocycles. The molecule has 0 fully saturated rings. The fraction of sp³-hybridized carbons (Fsp3) is 0.750. The van der Waals surface area contributed by atoms with Gasteiger partial charge in [-0.3, -0.25) is 28.0 Å². The van der Waals surface area contributed by atoms with E-state index in [-0.39, 0.29) is 18.6 Å². The highest BCUT2D eigenvalue weighted by atomic mass is 31.2. The van der Waals surface area contributed by atoms with Gasteiger partial charge in [-0.25, -0.2) is 9.13 Å². The third kappa shape index (κ3) is 42.4. The van der Waals surface area contributed by atoms with Gasteiger partial charge in [0, 0.05) is 19.3 Å². The molecule has 0 saturated carbocycles. The second kappa shape index (κ2) is 39.6. The maximum atomic E-state index is 12.6. The van der Waals surface area contributed by atoms with Crippen LogP contribution in [0.4, 0.5) is 0 Å². The van der Waals surface area contributed by atoms with Gasteiger partial charge in [0.2, 0.25) is 0 Å². The molecule has 0 spiro atoms. The first-order chi connectivity index (χ1) is 28.8. The van der Waals surface area contributed by atoms with Gasteiger partial charge >= 0.3 is 27.6 Å². The highest BCUT2D eigenvalue weighted by molar-refractivity contribution is 7.47. The number of allylic oxidation sites excluding steroid dienone is 8. The number of aliphatic hydroxyl groups excluding tert-OH is 1. The number of esters is 2. The Hall–Kier alpha value is -2.25. The van der Waals surface area contributed by atoms with E-state index in [1.54, 1.807) is 12.2 Å². The minimum Gasteiger partial charge on any atom is -0.462 e. The summed E-state index contributed by atoms with van der Waals surface area (Å²) < 4.78 is 47.7. The van der Waals surface area contributed by atoms with Gasteiger partial charge in [0.15, 0.2) is 11.9 Å². The zero-order valence-electron chi connectivity index (χ0n) is 36.5. The van der Waals surface area contributed by atoms with Gasteiger partial charge in [-0.15, -0.1) is 0 Å². The molecule has 0 rings (SSSR count). The molecule has 0 radical (unpaired) electrons. The van der Waals surface area contributed by atoms with Crippen LogP contribution in [0.15, 0.2) is 48.6 Å². The number of aliphatic hydroxyl groups is 1. The van der Waals surface area contributed by atoms with Gasteiger partial charge in [-0.2, -0.15) is 0 Å². The normalized spacial score (nSPS) is 14.4. The summed E-state index contributed by atoms with van der Waals surface area (Å²) in [6.07, 6.45) is 36.6. The van der Waals surface area contributed by atoms with Gasteiger partial charge in [0.05, 0.1) is 19.8 Å². The third-order valence-corrected chi connectivity index (χ3v) is 10.6. The lowest BCUT2D eigenvalue weighted by molar-refractivity contribution is -0.161. The quantitative estimate of drug-likeness (QED) is 0.0112. The zero-order valence-corrected chi connectivity index (χ0v) is 38.3.